The van der Waals surface area contributed by atoms with Crippen LogP contribution in [0, 0.1) is 0 Å². The zero-order valence-corrected chi connectivity index (χ0v) is 10.4. The molecular weight excluding hydrogens is 246 g/mol. The SMILES string of the molecule is N[C@H](Cc1ccc(O)cc1)C(=O)NC1CNC(=O)C1. The van der Waals surface area contributed by atoms with Gasteiger partial charge < -0.3 is 21.5 Å². The Morgan fingerprint density at radius 3 is 2.74 bits per heavy atom. The van der Waals surface area contributed by atoms with Crippen LogP contribution in [0.2, 0.25) is 0 Å². The summed E-state index contributed by atoms with van der Waals surface area (Å²) in [5, 5.41) is 14.6. The maximum absolute atomic E-state index is 11.9. The zero-order valence-electron chi connectivity index (χ0n) is 10.4. The maximum atomic E-state index is 11.9. The summed E-state index contributed by atoms with van der Waals surface area (Å²) in [6, 6.07) is 5.72. The fraction of sp³-hybridized carbons (Fsp3) is 0.385. The molecule has 0 saturated carbocycles. The van der Waals surface area contributed by atoms with Crippen LogP contribution in [0.5, 0.6) is 5.75 Å². The second-order valence-corrected chi connectivity index (χ2v) is 4.69. The number of nitrogens with two attached hydrogens (primary N) is 1. The number of hydrogen-bond acceptors (Lipinski definition) is 4. The maximum Gasteiger partial charge on any atom is 0.237 e. The minimum atomic E-state index is -0.666. The van der Waals surface area contributed by atoms with Gasteiger partial charge >= 0.3 is 0 Å². The molecule has 2 rings (SSSR count). The van der Waals surface area contributed by atoms with Crippen molar-refractivity contribution in [2.45, 2.75) is 24.9 Å². The van der Waals surface area contributed by atoms with Gasteiger partial charge in [-0.05, 0) is 24.1 Å². The second kappa shape index (κ2) is 5.71. The molecule has 2 atom stereocenters. The number of aromatic hydroxyl groups is 1. The van der Waals surface area contributed by atoms with Crippen LogP contribution in [0.25, 0.3) is 0 Å². The average molecular weight is 263 g/mol. The molecule has 1 fully saturated rings. The van der Waals surface area contributed by atoms with Gasteiger partial charge in [0.1, 0.15) is 5.75 Å². The Kier molecular flexibility index (Phi) is 4.01. The lowest BCUT2D eigenvalue weighted by Gasteiger charge is -2.15. The summed E-state index contributed by atoms with van der Waals surface area (Å²) in [5.74, 6) is -0.149. The molecule has 102 valence electrons. The van der Waals surface area contributed by atoms with Gasteiger partial charge in [-0.15, -0.1) is 0 Å². The van der Waals surface area contributed by atoms with E-state index in [0.29, 0.717) is 19.4 Å². The lowest BCUT2D eigenvalue weighted by molar-refractivity contribution is -0.123. The van der Waals surface area contributed by atoms with Crippen LogP contribution in [0.4, 0.5) is 0 Å². The predicted octanol–water partition coefficient (Wildman–Crippen LogP) is -0.733. The minimum Gasteiger partial charge on any atom is -0.508 e. The van der Waals surface area contributed by atoms with E-state index in [2.05, 4.69) is 10.6 Å². The van der Waals surface area contributed by atoms with Crippen molar-refractivity contribution in [1.29, 1.82) is 0 Å². The Morgan fingerprint density at radius 1 is 1.47 bits per heavy atom. The van der Waals surface area contributed by atoms with E-state index in [1.807, 2.05) is 0 Å². The Balaban J connectivity index is 1.85. The van der Waals surface area contributed by atoms with Crippen molar-refractivity contribution in [3.8, 4) is 5.75 Å². The summed E-state index contributed by atoms with van der Waals surface area (Å²) in [4.78, 5) is 22.9. The molecule has 1 unspecified atom stereocenters. The normalized spacial score (nSPS) is 19.8. The Morgan fingerprint density at radius 2 is 2.16 bits per heavy atom. The molecule has 2 amide bonds. The molecule has 0 aromatic heterocycles. The largest absolute Gasteiger partial charge is 0.508 e. The first-order chi connectivity index (χ1) is 9.04. The molecule has 1 aromatic carbocycles. The van der Waals surface area contributed by atoms with Crippen molar-refractivity contribution in [1.82, 2.24) is 10.6 Å². The van der Waals surface area contributed by atoms with Crippen molar-refractivity contribution >= 4 is 11.8 Å². The molecule has 1 aromatic rings. The van der Waals surface area contributed by atoms with Crippen molar-refractivity contribution in [2.24, 2.45) is 5.73 Å². The molecule has 1 heterocycles. The van der Waals surface area contributed by atoms with Crippen LogP contribution in [-0.2, 0) is 16.0 Å². The Labute approximate surface area is 111 Å². The molecule has 19 heavy (non-hydrogen) atoms. The van der Waals surface area contributed by atoms with Gasteiger partial charge in [0.2, 0.25) is 11.8 Å². The van der Waals surface area contributed by atoms with Gasteiger partial charge in [-0.2, -0.15) is 0 Å². The molecular formula is C13H17N3O3. The smallest absolute Gasteiger partial charge is 0.237 e. The van der Waals surface area contributed by atoms with Crippen molar-refractivity contribution < 1.29 is 14.7 Å². The summed E-state index contributed by atoms with van der Waals surface area (Å²) in [7, 11) is 0. The van der Waals surface area contributed by atoms with Crippen molar-refractivity contribution in [2.75, 3.05) is 6.54 Å². The first kappa shape index (κ1) is 13.4. The molecule has 0 spiro atoms. The van der Waals surface area contributed by atoms with E-state index in [9.17, 15) is 9.59 Å². The lowest BCUT2D eigenvalue weighted by atomic mass is 10.1. The number of carbonyl (C=O) groups excluding carboxylic acids is 2. The van der Waals surface area contributed by atoms with Gasteiger partial charge in [-0.1, -0.05) is 12.1 Å². The number of amides is 2. The van der Waals surface area contributed by atoms with Crippen molar-refractivity contribution in [3.05, 3.63) is 29.8 Å². The van der Waals surface area contributed by atoms with E-state index in [-0.39, 0.29) is 23.6 Å². The Hall–Kier alpha value is -2.08. The fourth-order valence-corrected chi connectivity index (χ4v) is 1.99. The average Bonchev–Trinajstić information content (AvgIpc) is 2.77. The van der Waals surface area contributed by atoms with E-state index < -0.39 is 6.04 Å². The van der Waals surface area contributed by atoms with E-state index in [0.717, 1.165) is 5.56 Å². The number of nitrogens with one attached hydrogen (secondary N) is 2. The van der Waals surface area contributed by atoms with Gasteiger partial charge in [0.25, 0.3) is 0 Å². The third-order valence-corrected chi connectivity index (χ3v) is 3.05. The highest BCUT2D eigenvalue weighted by atomic mass is 16.3. The van der Waals surface area contributed by atoms with Gasteiger partial charge in [0.05, 0.1) is 12.1 Å². The number of hydrogen-bond donors (Lipinski definition) is 4. The Bertz CT molecular complexity index is 473. The van der Waals surface area contributed by atoms with Crippen LogP contribution in [-0.4, -0.2) is 35.5 Å². The van der Waals surface area contributed by atoms with E-state index in [1.165, 1.54) is 0 Å². The quantitative estimate of drug-likeness (QED) is 0.574. The fourth-order valence-electron chi connectivity index (χ4n) is 1.99. The molecule has 0 bridgehead atoms. The number of rotatable bonds is 4. The number of benzene rings is 1. The highest BCUT2D eigenvalue weighted by molar-refractivity contribution is 5.84. The summed E-state index contributed by atoms with van der Waals surface area (Å²) in [6.07, 6.45) is 0.692. The predicted molar refractivity (Wildman–Crippen MR) is 69.3 cm³/mol. The summed E-state index contributed by atoms with van der Waals surface area (Å²) < 4.78 is 0. The van der Waals surface area contributed by atoms with Crippen LogP contribution >= 0.6 is 0 Å². The monoisotopic (exact) mass is 263 g/mol. The molecule has 1 saturated heterocycles. The highest BCUT2D eigenvalue weighted by Crippen LogP contribution is 2.11. The highest BCUT2D eigenvalue weighted by Gasteiger charge is 2.25. The molecule has 0 aliphatic carbocycles. The summed E-state index contributed by atoms with van der Waals surface area (Å²) in [6.45, 7) is 0.455. The number of carbonyl (C=O) groups is 2. The van der Waals surface area contributed by atoms with E-state index >= 15 is 0 Å². The zero-order chi connectivity index (χ0) is 13.8. The first-order valence-electron chi connectivity index (χ1n) is 6.15. The first-order valence-corrected chi connectivity index (χ1v) is 6.15. The molecule has 6 heteroatoms. The standard InChI is InChI=1S/C13H17N3O3/c14-11(5-8-1-3-10(17)4-2-8)13(19)16-9-6-12(18)15-7-9/h1-4,9,11,17H,5-7,14H2,(H,15,18)(H,16,19)/t9?,11-/m1/s1. The van der Waals surface area contributed by atoms with Gasteiger partial charge in [0.15, 0.2) is 0 Å². The van der Waals surface area contributed by atoms with Gasteiger partial charge in [-0.25, -0.2) is 0 Å². The topological polar surface area (TPSA) is 104 Å². The van der Waals surface area contributed by atoms with Crippen LogP contribution < -0.4 is 16.4 Å². The van der Waals surface area contributed by atoms with Crippen LogP contribution in [0.15, 0.2) is 24.3 Å². The summed E-state index contributed by atoms with van der Waals surface area (Å²) >= 11 is 0. The number of phenols is 1. The van der Waals surface area contributed by atoms with E-state index in [4.69, 9.17) is 10.8 Å². The molecule has 1 aliphatic rings. The van der Waals surface area contributed by atoms with Gasteiger partial charge in [-0.3, -0.25) is 9.59 Å². The molecule has 1 aliphatic heterocycles. The molecule has 5 N–H and O–H groups in total. The number of phenolic OH excluding ortho intramolecular Hbond substituents is 1. The molecule has 6 nitrogen and oxygen atoms in total. The third-order valence-electron chi connectivity index (χ3n) is 3.05. The van der Waals surface area contributed by atoms with Crippen LogP contribution in [0.3, 0.4) is 0 Å². The lowest BCUT2D eigenvalue weighted by Crippen LogP contribution is -2.47. The van der Waals surface area contributed by atoms with Crippen molar-refractivity contribution in [3.63, 3.8) is 0 Å². The second-order valence-electron chi connectivity index (χ2n) is 4.69. The van der Waals surface area contributed by atoms with E-state index in [1.54, 1.807) is 24.3 Å². The summed E-state index contributed by atoms with van der Waals surface area (Å²) in [5.41, 5.74) is 6.70. The minimum absolute atomic E-state index is 0.0580. The van der Waals surface area contributed by atoms with Crippen LogP contribution in [0.1, 0.15) is 12.0 Å². The molecule has 0 radical (unpaired) electrons. The van der Waals surface area contributed by atoms with Gasteiger partial charge in [0, 0.05) is 13.0 Å². The third kappa shape index (κ3) is 3.69.